The van der Waals surface area contributed by atoms with Crippen LogP contribution in [0.25, 0.3) is 0 Å². The van der Waals surface area contributed by atoms with Crippen molar-refractivity contribution in [2.75, 3.05) is 31.8 Å². The second-order valence-electron chi connectivity index (χ2n) is 5.25. The lowest BCUT2D eigenvalue weighted by Gasteiger charge is -2.38. The summed E-state index contributed by atoms with van der Waals surface area (Å²) in [5.41, 5.74) is -0.276. The molecule has 0 aliphatic carbocycles. The fourth-order valence-electron chi connectivity index (χ4n) is 2.70. The second-order valence-corrected chi connectivity index (χ2v) is 7.43. The van der Waals surface area contributed by atoms with Crippen LogP contribution in [-0.2, 0) is 19.3 Å². The molecule has 2 aliphatic rings. The van der Waals surface area contributed by atoms with Gasteiger partial charge >= 0.3 is 0 Å². The molecule has 17 heavy (non-hydrogen) atoms. The third-order valence-electron chi connectivity index (χ3n) is 3.62. The zero-order valence-electron chi connectivity index (χ0n) is 10.1. The average Bonchev–Trinajstić information content (AvgIpc) is 2.64. The van der Waals surface area contributed by atoms with Crippen LogP contribution in [0.5, 0.6) is 0 Å². The number of rotatable bonds is 3. The van der Waals surface area contributed by atoms with E-state index in [2.05, 4.69) is 0 Å². The number of sulfone groups is 1. The first-order valence-corrected chi connectivity index (χ1v) is 8.04. The Morgan fingerprint density at radius 1 is 1.47 bits per heavy atom. The standard InChI is InChI=1S/C11H20O5S/c1-17(13,14)7-10(12)9-2-4-16-11(6-9)3-5-15-8-11/h9-10,12H,2-8H2,1H3. The molecule has 3 atom stereocenters. The molecule has 0 bridgehead atoms. The van der Waals surface area contributed by atoms with E-state index < -0.39 is 15.9 Å². The third kappa shape index (κ3) is 3.40. The molecule has 100 valence electrons. The van der Waals surface area contributed by atoms with Gasteiger partial charge in [-0.05, 0) is 18.8 Å². The fraction of sp³-hybridized carbons (Fsp3) is 1.00. The number of hydrogen-bond donors (Lipinski definition) is 1. The van der Waals surface area contributed by atoms with Crippen molar-refractivity contribution >= 4 is 9.84 Å². The molecule has 0 aromatic rings. The Kier molecular flexibility index (Phi) is 3.77. The Balaban J connectivity index is 1.97. The molecule has 2 aliphatic heterocycles. The number of aliphatic hydroxyl groups excluding tert-OH is 1. The first-order valence-electron chi connectivity index (χ1n) is 5.98. The van der Waals surface area contributed by atoms with E-state index in [9.17, 15) is 13.5 Å². The maximum Gasteiger partial charge on any atom is 0.150 e. The summed E-state index contributed by atoms with van der Waals surface area (Å²) in [5, 5.41) is 9.98. The number of hydrogen-bond acceptors (Lipinski definition) is 5. The van der Waals surface area contributed by atoms with E-state index in [1.165, 1.54) is 0 Å². The van der Waals surface area contributed by atoms with E-state index in [4.69, 9.17) is 9.47 Å². The third-order valence-corrected chi connectivity index (χ3v) is 4.56. The zero-order valence-corrected chi connectivity index (χ0v) is 10.9. The summed E-state index contributed by atoms with van der Waals surface area (Å²) in [4.78, 5) is 0. The topological polar surface area (TPSA) is 72.8 Å². The molecule has 0 aromatic carbocycles. The zero-order chi connectivity index (χ0) is 12.5. The van der Waals surface area contributed by atoms with Crippen LogP contribution in [0, 0.1) is 5.92 Å². The summed E-state index contributed by atoms with van der Waals surface area (Å²) in [5.74, 6) is -0.158. The Morgan fingerprint density at radius 3 is 2.82 bits per heavy atom. The van der Waals surface area contributed by atoms with E-state index in [0.717, 1.165) is 19.1 Å². The van der Waals surface area contributed by atoms with Gasteiger partial charge in [0.1, 0.15) is 9.84 Å². The molecular formula is C11H20O5S. The molecule has 0 aromatic heterocycles. The van der Waals surface area contributed by atoms with Gasteiger partial charge in [0.25, 0.3) is 0 Å². The van der Waals surface area contributed by atoms with Gasteiger partial charge < -0.3 is 14.6 Å². The summed E-state index contributed by atoms with van der Waals surface area (Å²) < 4.78 is 33.5. The normalized spacial score (nSPS) is 36.2. The highest BCUT2D eigenvalue weighted by Gasteiger charge is 2.43. The summed E-state index contributed by atoms with van der Waals surface area (Å²) in [6.07, 6.45) is 2.63. The molecule has 3 unspecified atom stereocenters. The predicted molar refractivity (Wildman–Crippen MR) is 62.6 cm³/mol. The van der Waals surface area contributed by atoms with Gasteiger partial charge in [0.2, 0.25) is 0 Å². The van der Waals surface area contributed by atoms with Gasteiger partial charge in [0.05, 0.1) is 24.1 Å². The first-order chi connectivity index (χ1) is 7.90. The summed E-state index contributed by atoms with van der Waals surface area (Å²) in [7, 11) is -3.13. The summed E-state index contributed by atoms with van der Waals surface area (Å²) >= 11 is 0. The molecule has 0 saturated carbocycles. The Bertz CT molecular complexity index is 358. The van der Waals surface area contributed by atoms with Gasteiger partial charge in [-0.15, -0.1) is 0 Å². The Hall–Kier alpha value is -0.170. The highest BCUT2D eigenvalue weighted by Crippen LogP contribution is 2.37. The van der Waals surface area contributed by atoms with E-state index >= 15 is 0 Å². The quantitative estimate of drug-likeness (QED) is 0.775. The Labute approximate surface area is 102 Å². The molecular weight excluding hydrogens is 244 g/mol. The maximum atomic E-state index is 11.2. The van der Waals surface area contributed by atoms with Crippen LogP contribution in [0.2, 0.25) is 0 Å². The van der Waals surface area contributed by atoms with E-state index in [0.29, 0.717) is 26.2 Å². The molecule has 2 heterocycles. The lowest BCUT2D eigenvalue weighted by molar-refractivity contribution is -0.114. The second kappa shape index (κ2) is 4.84. The Morgan fingerprint density at radius 2 is 2.24 bits per heavy atom. The predicted octanol–water partition coefficient (Wildman–Crippen LogP) is -0.0224. The van der Waals surface area contributed by atoms with Gasteiger partial charge in [-0.1, -0.05) is 0 Å². The van der Waals surface area contributed by atoms with E-state index in [1.807, 2.05) is 0 Å². The minimum atomic E-state index is -3.13. The highest BCUT2D eigenvalue weighted by molar-refractivity contribution is 7.90. The van der Waals surface area contributed by atoms with Crippen molar-refractivity contribution in [1.82, 2.24) is 0 Å². The van der Waals surface area contributed by atoms with Crippen LogP contribution in [0.3, 0.4) is 0 Å². The number of aliphatic hydroxyl groups is 1. The number of ether oxygens (including phenoxy) is 2. The van der Waals surface area contributed by atoms with Crippen molar-refractivity contribution < 1.29 is 23.0 Å². The van der Waals surface area contributed by atoms with Crippen LogP contribution < -0.4 is 0 Å². The largest absolute Gasteiger partial charge is 0.392 e. The van der Waals surface area contributed by atoms with E-state index in [-0.39, 0.29) is 17.3 Å². The summed E-state index contributed by atoms with van der Waals surface area (Å²) in [6.45, 7) is 1.83. The fourth-order valence-corrected chi connectivity index (χ4v) is 3.60. The first kappa shape index (κ1) is 13.3. The summed E-state index contributed by atoms with van der Waals surface area (Å²) in [6, 6.07) is 0. The van der Waals surface area contributed by atoms with Crippen molar-refractivity contribution in [3.05, 3.63) is 0 Å². The van der Waals surface area contributed by atoms with Crippen molar-refractivity contribution in [3.63, 3.8) is 0 Å². The monoisotopic (exact) mass is 264 g/mol. The molecule has 1 N–H and O–H groups in total. The smallest absolute Gasteiger partial charge is 0.150 e. The van der Waals surface area contributed by atoms with Crippen LogP contribution in [0.15, 0.2) is 0 Å². The van der Waals surface area contributed by atoms with Crippen molar-refractivity contribution in [2.45, 2.75) is 31.0 Å². The molecule has 0 amide bonds. The molecule has 0 radical (unpaired) electrons. The minimum absolute atomic E-state index is 0.000162. The maximum absolute atomic E-state index is 11.2. The van der Waals surface area contributed by atoms with Gasteiger partial charge in [0.15, 0.2) is 0 Å². The molecule has 5 nitrogen and oxygen atoms in total. The van der Waals surface area contributed by atoms with Crippen LogP contribution >= 0.6 is 0 Å². The van der Waals surface area contributed by atoms with E-state index in [1.54, 1.807) is 0 Å². The lowest BCUT2D eigenvalue weighted by Crippen LogP contribution is -2.44. The van der Waals surface area contributed by atoms with Gasteiger partial charge in [-0.3, -0.25) is 0 Å². The van der Waals surface area contributed by atoms with Crippen molar-refractivity contribution in [2.24, 2.45) is 5.92 Å². The van der Waals surface area contributed by atoms with Crippen molar-refractivity contribution in [1.29, 1.82) is 0 Å². The van der Waals surface area contributed by atoms with Crippen LogP contribution in [0.4, 0.5) is 0 Å². The molecule has 1 spiro atoms. The molecule has 2 rings (SSSR count). The molecule has 2 fully saturated rings. The molecule has 2 saturated heterocycles. The van der Waals surface area contributed by atoms with Gasteiger partial charge in [-0.2, -0.15) is 0 Å². The minimum Gasteiger partial charge on any atom is -0.392 e. The van der Waals surface area contributed by atoms with Crippen LogP contribution in [-0.4, -0.2) is 57.1 Å². The van der Waals surface area contributed by atoms with Crippen LogP contribution in [0.1, 0.15) is 19.3 Å². The SMILES string of the molecule is CS(=O)(=O)CC(O)C1CCOC2(CCOC2)C1. The molecule has 6 heteroatoms. The van der Waals surface area contributed by atoms with Gasteiger partial charge in [-0.25, -0.2) is 8.42 Å². The average molecular weight is 264 g/mol. The van der Waals surface area contributed by atoms with Crippen molar-refractivity contribution in [3.8, 4) is 0 Å². The van der Waals surface area contributed by atoms with Gasteiger partial charge in [0, 0.05) is 25.9 Å². The lowest BCUT2D eigenvalue weighted by atomic mass is 9.82. The highest BCUT2D eigenvalue weighted by atomic mass is 32.2.